The van der Waals surface area contributed by atoms with Crippen LogP contribution in [0.3, 0.4) is 0 Å². The first kappa shape index (κ1) is 19.6. The quantitative estimate of drug-likeness (QED) is 0.783. The van der Waals surface area contributed by atoms with E-state index in [0.717, 1.165) is 38.3 Å². The Morgan fingerprint density at radius 3 is 2.48 bits per heavy atom. The molecule has 27 heavy (non-hydrogen) atoms. The van der Waals surface area contributed by atoms with E-state index in [9.17, 15) is 4.79 Å². The zero-order chi connectivity index (χ0) is 19.4. The summed E-state index contributed by atoms with van der Waals surface area (Å²) >= 11 is 0. The largest absolute Gasteiger partial charge is 0.334 e. The SMILES string of the molecule is CC[C@H]1CN(Cc2c(C)nn(CC)c2C)CCC(=O)N1Cc1ccccc1. The summed E-state index contributed by atoms with van der Waals surface area (Å²) in [4.78, 5) is 17.4. The molecule has 1 saturated heterocycles. The highest BCUT2D eigenvalue weighted by molar-refractivity contribution is 5.77. The summed E-state index contributed by atoms with van der Waals surface area (Å²) < 4.78 is 2.08. The van der Waals surface area contributed by atoms with Gasteiger partial charge in [-0.15, -0.1) is 0 Å². The Morgan fingerprint density at radius 2 is 1.85 bits per heavy atom. The molecule has 2 aromatic rings. The maximum absolute atomic E-state index is 12.9. The maximum atomic E-state index is 12.9. The lowest BCUT2D eigenvalue weighted by molar-refractivity contribution is -0.133. The molecule has 146 valence electrons. The number of rotatable bonds is 6. The van der Waals surface area contributed by atoms with E-state index in [0.29, 0.717) is 13.0 Å². The van der Waals surface area contributed by atoms with Crippen molar-refractivity contribution in [3.8, 4) is 0 Å². The number of aromatic nitrogens is 2. The fourth-order valence-electron chi connectivity index (χ4n) is 4.07. The van der Waals surface area contributed by atoms with E-state index in [1.807, 2.05) is 18.2 Å². The lowest BCUT2D eigenvalue weighted by atomic mass is 10.1. The molecular weight excluding hydrogens is 336 g/mol. The van der Waals surface area contributed by atoms with Crippen molar-refractivity contribution in [1.29, 1.82) is 0 Å². The second-order valence-electron chi connectivity index (χ2n) is 7.52. The average molecular weight is 369 g/mol. The van der Waals surface area contributed by atoms with Crippen LogP contribution in [-0.4, -0.2) is 44.6 Å². The van der Waals surface area contributed by atoms with Crippen molar-refractivity contribution >= 4 is 5.91 Å². The van der Waals surface area contributed by atoms with Crippen LogP contribution in [0.15, 0.2) is 30.3 Å². The van der Waals surface area contributed by atoms with Gasteiger partial charge in [-0.25, -0.2) is 0 Å². The minimum absolute atomic E-state index is 0.252. The first-order chi connectivity index (χ1) is 13.0. The van der Waals surface area contributed by atoms with Gasteiger partial charge in [0.2, 0.25) is 5.91 Å². The Hall–Kier alpha value is -2.14. The number of carbonyl (C=O) groups is 1. The summed E-state index contributed by atoms with van der Waals surface area (Å²) in [7, 11) is 0. The molecular formula is C22H32N4O. The highest BCUT2D eigenvalue weighted by atomic mass is 16.2. The molecule has 0 saturated carbocycles. The van der Waals surface area contributed by atoms with Crippen molar-refractivity contribution in [1.82, 2.24) is 19.6 Å². The standard InChI is InChI=1S/C22H32N4O/c1-5-20-15-24(16-21-17(3)23-26(6-2)18(21)4)13-12-22(27)25(20)14-19-10-8-7-9-11-19/h7-11,20H,5-6,12-16H2,1-4H3/t20-/m0/s1. The highest BCUT2D eigenvalue weighted by Gasteiger charge is 2.29. The van der Waals surface area contributed by atoms with Gasteiger partial charge >= 0.3 is 0 Å². The number of hydrogen-bond donors (Lipinski definition) is 0. The number of amides is 1. The van der Waals surface area contributed by atoms with Crippen LogP contribution >= 0.6 is 0 Å². The molecule has 1 atom stereocenters. The van der Waals surface area contributed by atoms with Crippen LogP contribution in [0.2, 0.25) is 0 Å². The Morgan fingerprint density at radius 1 is 1.11 bits per heavy atom. The second kappa shape index (κ2) is 8.70. The third-order valence-electron chi connectivity index (χ3n) is 5.75. The predicted octanol–water partition coefficient (Wildman–Crippen LogP) is 3.53. The van der Waals surface area contributed by atoms with E-state index in [2.05, 4.69) is 59.4 Å². The van der Waals surface area contributed by atoms with E-state index in [1.54, 1.807) is 0 Å². The predicted molar refractivity (Wildman–Crippen MR) is 108 cm³/mol. The third kappa shape index (κ3) is 4.41. The van der Waals surface area contributed by atoms with Gasteiger partial charge in [-0.3, -0.25) is 14.4 Å². The fourth-order valence-corrected chi connectivity index (χ4v) is 4.07. The van der Waals surface area contributed by atoms with Crippen molar-refractivity contribution in [3.05, 3.63) is 52.8 Å². The maximum Gasteiger partial charge on any atom is 0.224 e. The van der Waals surface area contributed by atoms with E-state index < -0.39 is 0 Å². The van der Waals surface area contributed by atoms with Gasteiger partial charge < -0.3 is 4.90 Å². The number of nitrogens with zero attached hydrogens (tertiary/aromatic N) is 4. The van der Waals surface area contributed by atoms with Gasteiger partial charge in [0.1, 0.15) is 0 Å². The zero-order valence-electron chi connectivity index (χ0n) is 17.1. The zero-order valence-corrected chi connectivity index (χ0v) is 17.1. The highest BCUT2D eigenvalue weighted by Crippen LogP contribution is 2.21. The minimum Gasteiger partial charge on any atom is -0.334 e. The van der Waals surface area contributed by atoms with E-state index >= 15 is 0 Å². The summed E-state index contributed by atoms with van der Waals surface area (Å²) in [6.07, 6.45) is 1.56. The molecule has 0 N–H and O–H groups in total. The van der Waals surface area contributed by atoms with Crippen LogP contribution < -0.4 is 0 Å². The number of benzene rings is 1. The molecule has 0 unspecified atom stereocenters. The average Bonchev–Trinajstić information content (AvgIpc) is 2.86. The normalized spacial score (nSPS) is 18.7. The molecule has 1 amide bonds. The summed E-state index contributed by atoms with van der Waals surface area (Å²) in [6, 6.07) is 10.6. The third-order valence-corrected chi connectivity index (χ3v) is 5.75. The van der Waals surface area contributed by atoms with Crippen molar-refractivity contribution in [2.45, 2.75) is 66.2 Å². The topological polar surface area (TPSA) is 41.4 Å². The first-order valence-corrected chi connectivity index (χ1v) is 10.1. The minimum atomic E-state index is 0.252. The Kier molecular flexibility index (Phi) is 6.32. The van der Waals surface area contributed by atoms with Gasteiger partial charge in [-0.2, -0.15) is 5.10 Å². The lowest BCUT2D eigenvalue weighted by Gasteiger charge is -2.31. The molecule has 3 rings (SSSR count). The first-order valence-electron chi connectivity index (χ1n) is 10.1. The second-order valence-corrected chi connectivity index (χ2v) is 7.52. The Labute approximate surface area is 163 Å². The van der Waals surface area contributed by atoms with Crippen molar-refractivity contribution in [2.24, 2.45) is 0 Å². The van der Waals surface area contributed by atoms with E-state index in [-0.39, 0.29) is 11.9 Å². The Balaban J connectivity index is 1.75. The molecule has 1 aromatic heterocycles. The van der Waals surface area contributed by atoms with Crippen LogP contribution in [-0.2, 0) is 24.4 Å². The van der Waals surface area contributed by atoms with Crippen molar-refractivity contribution in [2.75, 3.05) is 13.1 Å². The van der Waals surface area contributed by atoms with Crippen LogP contribution in [0.5, 0.6) is 0 Å². The molecule has 0 radical (unpaired) electrons. The molecule has 1 aliphatic rings. The van der Waals surface area contributed by atoms with Crippen LogP contribution in [0, 0.1) is 13.8 Å². The molecule has 1 fully saturated rings. The van der Waals surface area contributed by atoms with Crippen molar-refractivity contribution < 1.29 is 4.79 Å². The van der Waals surface area contributed by atoms with Gasteiger partial charge in [0.25, 0.3) is 0 Å². The molecule has 1 aliphatic heterocycles. The molecule has 2 heterocycles. The monoisotopic (exact) mass is 368 g/mol. The van der Waals surface area contributed by atoms with Gasteiger partial charge in [0, 0.05) is 56.4 Å². The molecule has 0 aliphatic carbocycles. The van der Waals surface area contributed by atoms with Crippen LogP contribution in [0.4, 0.5) is 0 Å². The van der Waals surface area contributed by atoms with Gasteiger partial charge in [-0.1, -0.05) is 37.3 Å². The molecule has 0 bridgehead atoms. The summed E-state index contributed by atoms with van der Waals surface area (Å²) in [6.45, 7) is 12.8. The molecule has 5 heteroatoms. The summed E-state index contributed by atoms with van der Waals surface area (Å²) in [5, 5.41) is 4.66. The summed E-state index contributed by atoms with van der Waals surface area (Å²) in [5.74, 6) is 0.269. The number of hydrogen-bond acceptors (Lipinski definition) is 3. The van der Waals surface area contributed by atoms with E-state index in [4.69, 9.17) is 0 Å². The lowest BCUT2D eigenvalue weighted by Crippen LogP contribution is -2.42. The van der Waals surface area contributed by atoms with Gasteiger partial charge in [0.15, 0.2) is 0 Å². The number of aryl methyl sites for hydroxylation is 2. The molecule has 0 spiro atoms. The number of carbonyl (C=O) groups excluding carboxylic acids is 1. The fraction of sp³-hybridized carbons (Fsp3) is 0.545. The van der Waals surface area contributed by atoms with Crippen molar-refractivity contribution in [3.63, 3.8) is 0 Å². The van der Waals surface area contributed by atoms with Gasteiger partial charge in [0.05, 0.1) is 5.69 Å². The summed E-state index contributed by atoms with van der Waals surface area (Å²) in [5.41, 5.74) is 4.88. The smallest absolute Gasteiger partial charge is 0.224 e. The van der Waals surface area contributed by atoms with Crippen LogP contribution in [0.25, 0.3) is 0 Å². The molecule has 5 nitrogen and oxygen atoms in total. The van der Waals surface area contributed by atoms with Crippen LogP contribution in [0.1, 0.15) is 49.2 Å². The van der Waals surface area contributed by atoms with Gasteiger partial charge in [-0.05, 0) is 32.8 Å². The molecule has 1 aromatic carbocycles. The Bertz CT molecular complexity index is 768. The van der Waals surface area contributed by atoms with E-state index in [1.165, 1.54) is 16.8 Å².